The molecule has 0 unspecified atom stereocenters. The van der Waals surface area contributed by atoms with E-state index in [9.17, 15) is 4.39 Å². The molecule has 0 saturated carbocycles. The molecule has 1 fully saturated rings. The highest BCUT2D eigenvalue weighted by Gasteiger charge is 2.26. The third kappa shape index (κ3) is 3.27. The summed E-state index contributed by atoms with van der Waals surface area (Å²) in [5.41, 5.74) is 2.49. The van der Waals surface area contributed by atoms with E-state index in [1.54, 1.807) is 18.3 Å². The summed E-state index contributed by atoms with van der Waals surface area (Å²) in [6, 6.07) is 8.06. The van der Waals surface area contributed by atoms with Crippen molar-refractivity contribution < 1.29 is 9.13 Å². The van der Waals surface area contributed by atoms with Crippen LogP contribution in [0.4, 0.5) is 4.39 Å². The predicted molar refractivity (Wildman–Crippen MR) is 87.8 cm³/mol. The summed E-state index contributed by atoms with van der Waals surface area (Å²) in [4.78, 5) is 4.31. The second-order valence-corrected chi connectivity index (χ2v) is 6.38. The molecule has 0 spiro atoms. The molecule has 1 saturated heterocycles. The molecule has 1 aromatic heterocycles. The molecule has 2 aliphatic rings. The average molecular weight is 310 g/mol. The molecule has 2 bridgehead atoms. The molecule has 4 heteroatoms. The van der Waals surface area contributed by atoms with Gasteiger partial charge in [-0.3, -0.25) is 4.98 Å². The van der Waals surface area contributed by atoms with Crippen molar-refractivity contribution in [1.82, 2.24) is 10.3 Å². The van der Waals surface area contributed by atoms with E-state index < -0.39 is 0 Å². The summed E-state index contributed by atoms with van der Waals surface area (Å²) in [6.07, 6.45) is 8.35. The van der Waals surface area contributed by atoms with Crippen molar-refractivity contribution in [2.45, 2.75) is 12.8 Å². The van der Waals surface area contributed by atoms with Gasteiger partial charge in [0.1, 0.15) is 17.3 Å². The molecule has 1 aliphatic carbocycles. The number of pyridine rings is 1. The number of piperidine rings is 1. The lowest BCUT2D eigenvalue weighted by atomic mass is 9.78. The average Bonchev–Trinajstić information content (AvgIpc) is 2.57. The van der Waals surface area contributed by atoms with Crippen molar-refractivity contribution in [3.05, 3.63) is 60.2 Å². The third-order valence-corrected chi connectivity index (χ3v) is 4.55. The molecule has 1 aromatic carbocycles. The van der Waals surface area contributed by atoms with Gasteiger partial charge in [-0.2, -0.15) is 0 Å². The van der Waals surface area contributed by atoms with Gasteiger partial charge in [-0.05, 0) is 72.7 Å². The van der Waals surface area contributed by atoms with Gasteiger partial charge in [0, 0.05) is 12.7 Å². The third-order valence-electron chi connectivity index (χ3n) is 4.55. The minimum Gasteiger partial charge on any atom is -0.456 e. The van der Waals surface area contributed by atoms with Gasteiger partial charge in [-0.1, -0.05) is 6.08 Å². The first kappa shape index (κ1) is 14.4. The van der Waals surface area contributed by atoms with E-state index in [4.69, 9.17) is 4.74 Å². The topological polar surface area (TPSA) is 34.1 Å². The van der Waals surface area contributed by atoms with Crippen molar-refractivity contribution in [3.8, 4) is 11.5 Å². The van der Waals surface area contributed by atoms with Gasteiger partial charge in [0.25, 0.3) is 0 Å². The van der Waals surface area contributed by atoms with Crippen LogP contribution in [0.5, 0.6) is 11.5 Å². The maximum absolute atomic E-state index is 13.0. The van der Waals surface area contributed by atoms with Crippen LogP contribution >= 0.6 is 0 Å². The van der Waals surface area contributed by atoms with Crippen LogP contribution in [0.3, 0.4) is 0 Å². The number of halogens is 1. The van der Waals surface area contributed by atoms with E-state index in [1.165, 1.54) is 24.1 Å². The fourth-order valence-electron chi connectivity index (χ4n) is 3.52. The molecule has 1 N–H and O–H groups in total. The Morgan fingerprint density at radius 1 is 1.09 bits per heavy atom. The summed E-state index contributed by atoms with van der Waals surface area (Å²) in [5, 5.41) is 3.49. The van der Waals surface area contributed by atoms with Crippen molar-refractivity contribution in [1.29, 1.82) is 0 Å². The van der Waals surface area contributed by atoms with Gasteiger partial charge in [0.15, 0.2) is 0 Å². The smallest absolute Gasteiger partial charge is 0.146 e. The molecule has 0 amide bonds. The Labute approximate surface area is 135 Å². The minimum absolute atomic E-state index is 0.267. The molecule has 0 radical (unpaired) electrons. The van der Waals surface area contributed by atoms with Gasteiger partial charge in [-0.15, -0.1) is 0 Å². The molecule has 2 aromatic rings. The Kier molecular flexibility index (Phi) is 3.83. The normalized spacial score (nSPS) is 23.3. The van der Waals surface area contributed by atoms with E-state index in [1.807, 2.05) is 12.3 Å². The summed E-state index contributed by atoms with van der Waals surface area (Å²) in [6.45, 7) is 2.17. The van der Waals surface area contributed by atoms with Crippen LogP contribution in [0, 0.1) is 17.7 Å². The monoisotopic (exact) mass is 310 g/mol. The number of aromatic nitrogens is 1. The first-order chi connectivity index (χ1) is 11.3. The fraction of sp³-hybridized carbons (Fsp3) is 0.316. The molecular formula is C19H19FN2O. The van der Waals surface area contributed by atoms with Gasteiger partial charge in [-0.25, -0.2) is 4.39 Å². The van der Waals surface area contributed by atoms with Crippen molar-refractivity contribution in [2.75, 3.05) is 13.1 Å². The Hall–Kier alpha value is -2.20. The van der Waals surface area contributed by atoms with Crippen molar-refractivity contribution in [2.24, 2.45) is 11.8 Å². The first-order valence-corrected chi connectivity index (χ1v) is 8.06. The van der Waals surface area contributed by atoms with Gasteiger partial charge in [0.05, 0.1) is 6.20 Å². The summed E-state index contributed by atoms with van der Waals surface area (Å²) in [7, 11) is 0. The highest BCUT2D eigenvalue weighted by Crippen LogP contribution is 2.36. The van der Waals surface area contributed by atoms with E-state index in [2.05, 4.69) is 16.4 Å². The quantitative estimate of drug-likeness (QED) is 0.929. The zero-order chi connectivity index (χ0) is 15.6. The predicted octanol–water partition coefficient (Wildman–Crippen LogP) is 4.03. The molecule has 2 atom stereocenters. The van der Waals surface area contributed by atoms with E-state index >= 15 is 0 Å². The second-order valence-electron chi connectivity index (χ2n) is 6.38. The van der Waals surface area contributed by atoms with E-state index in [0.717, 1.165) is 31.0 Å². The number of hydrogen-bond donors (Lipinski definition) is 1. The zero-order valence-electron chi connectivity index (χ0n) is 12.8. The zero-order valence-corrected chi connectivity index (χ0v) is 12.8. The standard InChI is InChI=1S/C19H19FN2O/c20-17-1-3-18(4-2-17)23-19-8-16(11-22-12-19)15-6-13-5-14(7-15)10-21-9-13/h1-4,6,8,11-14,21H,5,7,9-10H2/t13-,14+/m1/s1. The number of benzene rings is 1. The Morgan fingerprint density at radius 3 is 2.78 bits per heavy atom. The van der Waals surface area contributed by atoms with Crippen LogP contribution in [0.2, 0.25) is 0 Å². The minimum atomic E-state index is -0.267. The molecule has 3 nitrogen and oxygen atoms in total. The number of rotatable bonds is 3. The van der Waals surface area contributed by atoms with Gasteiger partial charge >= 0.3 is 0 Å². The van der Waals surface area contributed by atoms with Crippen LogP contribution in [-0.2, 0) is 0 Å². The lowest BCUT2D eigenvalue weighted by Gasteiger charge is -2.34. The molecule has 2 heterocycles. The van der Waals surface area contributed by atoms with Crippen LogP contribution in [0.1, 0.15) is 18.4 Å². The fourth-order valence-corrected chi connectivity index (χ4v) is 3.52. The van der Waals surface area contributed by atoms with Gasteiger partial charge in [0.2, 0.25) is 0 Å². The Morgan fingerprint density at radius 2 is 1.96 bits per heavy atom. The number of nitrogens with zero attached hydrogens (tertiary/aromatic N) is 1. The number of hydrogen-bond acceptors (Lipinski definition) is 3. The maximum atomic E-state index is 13.0. The lowest BCUT2D eigenvalue weighted by molar-refractivity contribution is 0.316. The molecule has 23 heavy (non-hydrogen) atoms. The Bertz CT molecular complexity index is 726. The lowest BCUT2D eigenvalue weighted by Crippen LogP contribution is -2.37. The second kappa shape index (κ2) is 6.13. The SMILES string of the molecule is Fc1ccc(Oc2cncc(C3=C[C@@H]4CNC[C@H](C3)C4)c2)cc1. The van der Waals surface area contributed by atoms with E-state index in [0.29, 0.717) is 17.4 Å². The number of ether oxygens (including phenoxy) is 1. The number of nitrogens with one attached hydrogen (secondary N) is 1. The van der Waals surface area contributed by atoms with Crippen LogP contribution in [-0.4, -0.2) is 18.1 Å². The molecule has 1 aliphatic heterocycles. The largest absolute Gasteiger partial charge is 0.456 e. The summed E-state index contributed by atoms with van der Waals surface area (Å²) in [5.74, 6) is 2.37. The van der Waals surface area contributed by atoms with Gasteiger partial charge < -0.3 is 10.1 Å². The highest BCUT2D eigenvalue weighted by atomic mass is 19.1. The number of allylic oxidation sites excluding steroid dienone is 1. The first-order valence-electron chi connectivity index (χ1n) is 8.06. The van der Waals surface area contributed by atoms with Crippen molar-refractivity contribution >= 4 is 5.57 Å². The van der Waals surface area contributed by atoms with E-state index in [-0.39, 0.29) is 5.82 Å². The summed E-state index contributed by atoms with van der Waals surface area (Å²) >= 11 is 0. The van der Waals surface area contributed by atoms with Crippen LogP contribution in [0.25, 0.3) is 5.57 Å². The maximum Gasteiger partial charge on any atom is 0.146 e. The van der Waals surface area contributed by atoms with Crippen LogP contribution < -0.4 is 10.1 Å². The summed E-state index contributed by atoms with van der Waals surface area (Å²) < 4.78 is 18.8. The molecule has 118 valence electrons. The highest BCUT2D eigenvalue weighted by molar-refractivity contribution is 5.67. The van der Waals surface area contributed by atoms with Crippen molar-refractivity contribution in [3.63, 3.8) is 0 Å². The number of fused-ring (bicyclic) bond motifs is 2. The van der Waals surface area contributed by atoms with Crippen LogP contribution in [0.15, 0.2) is 48.8 Å². The molecular weight excluding hydrogens is 291 g/mol. The molecule has 4 rings (SSSR count). The Balaban J connectivity index is 1.56.